The van der Waals surface area contributed by atoms with Crippen LogP contribution in [-0.4, -0.2) is 67.0 Å². The first-order valence-electron chi connectivity index (χ1n) is 11.7. The number of anilines is 1. The van der Waals surface area contributed by atoms with Crippen LogP contribution in [0.25, 0.3) is 21.9 Å². The summed E-state index contributed by atoms with van der Waals surface area (Å²) in [7, 11) is 3.87. The standard InChI is InChI=1S/C26H29ClN4O3/c1-29-9-11-31(12-10-29)16-17-3-4-18-20(15-17)26(33)30(2)21(7-13-32)23(18)19-5-6-22-25(24(19)27)28-8-14-34-22/h3-6,13,15,28H,7-12,14,16H2,1-2H3. The maximum absolute atomic E-state index is 13.4. The molecule has 0 radical (unpaired) electrons. The van der Waals surface area contributed by atoms with Gasteiger partial charge in [0.1, 0.15) is 18.6 Å². The third-order valence-electron chi connectivity index (χ3n) is 6.90. The van der Waals surface area contributed by atoms with Gasteiger partial charge in [-0.2, -0.15) is 0 Å². The highest BCUT2D eigenvalue weighted by Gasteiger charge is 2.23. The third kappa shape index (κ3) is 4.08. The number of carbonyl (C=O) groups excluding carboxylic acids is 1. The molecule has 1 saturated heterocycles. The van der Waals surface area contributed by atoms with E-state index < -0.39 is 0 Å². The molecular weight excluding hydrogens is 452 g/mol. The molecule has 2 aliphatic rings. The van der Waals surface area contributed by atoms with E-state index in [1.807, 2.05) is 24.3 Å². The van der Waals surface area contributed by atoms with Crippen LogP contribution < -0.4 is 15.6 Å². The van der Waals surface area contributed by atoms with Crippen LogP contribution in [0.3, 0.4) is 0 Å². The van der Waals surface area contributed by atoms with E-state index in [4.69, 9.17) is 16.3 Å². The average Bonchev–Trinajstić information content (AvgIpc) is 2.85. The summed E-state index contributed by atoms with van der Waals surface area (Å²) in [5.41, 5.74) is 3.99. The Morgan fingerprint density at radius 2 is 1.88 bits per heavy atom. The first-order chi connectivity index (χ1) is 16.5. The van der Waals surface area contributed by atoms with Crippen molar-refractivity contribution in [3.63, 3.8) is 0 Å². The molecule has 1 N–H and O–H groups in total. The fourth-order valence-corrected chi connectivity index (χ4v) is 5.28. The van der Waals surface area contributed by atoms with Crippen molar-refractivity contribution in [2.75, 3.05) is 51.7 Å². The Morgan fingerprint density at radius 1 is 1.09 bits per heavy atom. The molecule has 1 aromatic heterocycles. The van der Waals surface area contributed by atoms with Crippen LogP contribution in [0.1, 0.15) is 11.3 Å². The number of carbonyl (C=O) groups is 1. The van der Waals surface area contributed by atoms with Crippen molar-refractivity contribution in [3.8, 4) is 16.9 Å². The molecule has 2 aliphatic heterocycles. The Morgan fingerprint density at radius 3 is 2.65 bits per heavy atom. The van der Waals surface area contributed by atoms with Crippen molar-refractivity contribution in [1.29, 1.82) is 0 Å². The minimum Gasteiger partial charge on any atom is -0.490 e. The van der Waals surface area contributed by atoms with Gasteiger partial charge in [-0.25, -0.2) is 0 Å². The highest BCUT2D eigenvalue weighted by Crippen LogP contribution is 2.44. The molecule has 0 bridgehead atoms. The van der Waals surface area contributed by atoms with Gasteiger partial charge in [0.25, 0.3) is 5.56 Å². The summed E-state index contributed by atoms with van der Waals surface area (Å²) >= 11 is 6.87. The largest absolute Gasteiger partial charge is 0.490 e. The lowest BCUT2D eigenvalue weighted by atomic mass is 9.94. The van der Waals surface area contributed by atoms with E-state index in [-0.39, 0.29) is 12.0 Å². The molecule has 0 aliphatic carbocycles. The average molecular weight is 481 g/mol. The number of halogens is 1. The lowest BCUT2D eigenvalue weighted by molar-refractivity contribution is -0.107. The summed E-state index contributed by atoms with van der Waals surface area (Å²) in [5, 5.41) is 5.30. The van der Waals surface area contributed by atoms with Crippen LogP contribution in [-0.2, 0) is 24.8 Å². The van der Waals surface area contributed by atoms with Gasteiger partial charge in [-0.3, -0.25) is 9.69 Å². The molecular formula is C26H29ClN4O3. The van der Waals surface area contributed by atoms with Gasteiger partial charge in [0, 0.05) is 74.9 Å². The maximum atomic E-state index is 13.4. The monoisotopic (exact) mass is 480 g/mol. The van der Waals surface area contributed by atoms with Crippen LogP contribution in [0.5, 0.6) is 5.75 Å². The van der Waals surface area contributed by atoms with Gasteiger partial charge in [0.2, 0.25) is 0 Å². The molecule has 0 amide bonds. The number of nitrogens with zero attached hydrogens (tertiary/aromatic N) is 3. The number of aromatic nitrogens is 1. The predicted molar refractivity (Wildman–Crippen MR) is 136 cm³/mol. The number of hydrogen-bond donors (Lipinski definition) is 1. The quantitative estimate of drug-likeness (QED) is 0.566. The molecule has 0 unspecified atom stereocenters. The number of fused-ring (bicyclic) bond motifs is 2. The smallest absolute Gasteiger partial charge is 0.258 e. The van der Waals surface area contributed by atoms with Crippen molar-refractivity contribution in [3.05, 3.63) is 57.0 Å². The Hall–Kier alpha value is -2.87. The van der Waals surface area contributed by atoms with Crippen LogP contribution in [0.2, 0.25) is 5.02 Å². The number of nitrogens with one attached hydrogen (secondary N) is 1. The van der Waals surface area contributed by atoms with Crippen molar-refractivity contribution in [1.82, 2.24) is 14.4 Å². The molecule has 178 valence electrons. The first-order valence-corrected chi connectivity index (χ1v) is 12.0. The second kappa shape index (κ2) is 9.41. The number of hydrogen-bond acceptors (Lipinski definition) is 6. The minimum absolute atomic E-state index is 0.105. The lowest BCUT2D eigenvalue weighted by Gasteiger charge is -2.32. The number of pyridine rings is 1. The SMILES string of the molecule is CN1CCN(Cc2ccc3c(-c4ccc5c(c4Cl)NCCO5)c(CC=O)n(C)c(=O)c3c2)CC1. The molecule has 0 saturated carbocycles. The summed E-state index contributed by atoms with van der Waals surface area (Å²) in [4.78, 5) is 29.7. The normalized spacial score (nSPS) is 16.7. The topological polar surface area (TPSA) is 66.8 Å². The zero-order valence-electron chi connectivity index (χ0n) is 19.6. The van der Waals surface area contributed by atoms with Crippen molar-refractivity contribution in [2.24, 2.45) is 7.05 Å². The Labute approximate surface area is 203 Å². The number of rotatable bonds is 5. The van der Waals surface area contributed by atoms with Gasteiger partial charge in [-0.05, 0) is 36.2 Å². The highest BCUT2D eigenvalue weighted by atomic mass is 35.5. The van der Waals surface area contributed by atoms with Gasteiger partial charge in [-0.15, -0.1) is 0 Å². The Bertz CT molecular complexity index is 1310. The molecule has 0 spiro atoms. The number of likely N-dealkylation sites (N-methyl/N-ethyl adjacent to an activating group) is 1. The van der Waals surface area contributed by atoms with Crippen LogP contribution in [0.4, 0.5) is 5.69 Å². The number of piperazine rings is 1. The van der Waals surface area contributed by atoms with Gasteiger partial charge in [0.05, 0.1) is 10.7 Å². The fourth-order valence-electron chi connectivity index (χ4n) is 4.97. The number of aldehydes is 1. The zero-order valence-corrected chi connectivity index (χ0v) is 20.3. The summed E-state index contributed by atoms with van der Waals surface area (Å²) in [5.74, 6) is 0.709. The first kappa shape index (κ1) is 22.9. The molecule has 2 aromatic carbocycles. The Kier molecular flexibility index (Phi) is 6.34. The summed E-state index contributed by atoms with van der Waals surface area (Å²) in [6, 6.07) is 9.90. The lowest BCUT2D eigenvalue weighted by Crippen LogP contribution is -2.43. The molecule has 8 heteroatoms. The molecule has 1 fully saturated rings. The summed E-state index contributed by atoms with van der Waals surface area (Å²) in [6.45, 7) is 6.16. The molecule has 7 nitrogen and oxygen atoms in total. The van der Waals surface area contributed by atoms with E-state index >= 15 is 0 Å². The van der Waals surface area contributed by atoms with Gasteiger partial charge in [0.15, 0.2) is 0 Å². The van der Waals surface area contributed by atoms with Crippen LogP contribution in [0, 0.1) is 0 Å². The zero-order chi connectivity index (χ0) is 23.8. The predicted octanol–water partition coefficient (Wildman–Crippen LogP) is 3.15. The summed E-state index contributed by atoms with van der Waals surface area (Å²) < 4.78 is 7.32. The number of ether oxygens (including phenoxy) is 1. The highest BCUT2D eigenvalue weighted by molar-refractivity contribution is 6.37. The second-order valence-corrected chi connectivity index (χ2v) is 9.47. The van der Waals surface area contributed by atoms with Crippen LogP contribution in [0.15, 0.2) is 35.1 Å². The van der Waals surface area contributed by atoms with E-state index in [2.05, 4.69) is 28.2 Å². The fraction of sp³-hybridized carbons (Fsp3) is 0.385. The minimum atomic E-state index is -0.105. The van der Waals surface area contributed by atoms with E-state index in [1.165, 1.54) is 0 Å². The van der Waals surface area contributed by atoms with Gasteiger partial charge >= 0.3 is 0 Å². The van der Waals surface area contributed by atoms with Crippen LogP contribution >= 0.6 is 11.6 Å². The van der Waals surface area contributed by atoms with E-state index in [0.717, 1.165) is 66.8 Å². The summed E-state index contributed by atoms with van der Waals surface area (Å²) in [6.07, 6.45) is 0.955. The molecule has 3 aromatic rings. The second-order valence-electron chi connectivity index (χ2n) is 9.09. The maximum Gasteiger partial charge on any atom is 0.258 e. The van der Waals surface area contributed by atoms with E-state index in [1.54, 1.807) is 11.6 Å². The van der Waals surface area contributed by atoms with E-state index in [0.29, 0.717) is 35.0 Å². The molecule has 3 heterocycles. The van der Waals surface area contributed by atoms with Gasteiger partial charge < -0.3 is 24.3 Å². The molecule has 5 rings (SSSR count). The third-order valence-corrected chi connectivity index (χ3v) is 7.29. The van der Waals surface area contributed by atoms with Gasteiger partial charge in [-0.1, -0.05) is 23.7 Å². The number of benzene rings is 2. The van der Waals surface area contributed by atoms with Crippen molar-refractivity contribution >= 4 is 34.3 Å². The molecule has 0 atom stereocenters. The van der Waals surface area contributed by atoms with Crippen molar-refractivity contribution < 1.29 is 9.53 Å². The van der Waals surface area contributed by atoms with Crippen molar-refractivity contribution in [2.45, 2.75) is 13.0 Å². The molecule has 34 heavy (non-hydrogen) atoms. The Balaban J connectivity index is 1.66. The van der Waals surface area contributed by atoms with E-state index in [9.17, 15) is 9.59 Å².